The van der Waals surface area contributed by atoms with Crippen LogP contribution < -0.4 is 10.3 Å². The molecule has 1 saturated heterocycles. The molecule has 1 amide bonds. The number of aryl methyl sites for hydroxylation is 2. The van der Waals surface area contributed by atoms with Gasteiger partial charge in [-0.3, -0.25) is 14.9 Å². The SMILES string of the molecule is Cc1nn(C)c(C)c1-c1cc(Cl)c(F)c(C(=O)NNS(=O)(=O)CC2CCOCC2)c1. The Kier molecular flexibility index (Phi) is 6.81. The van der Waals surface area contributed by atoms with Crippen molar-refractivity contribution in [2.24, 2.45) is 13.0 Å². The molecule has 0 unspecified atom stereocenters. The van der Waals surface area contributed by atoms with E-state index in [1.54, 1.807) is 18.7 Å². The summed E-state index contributed by atoms with van der Waals surface area (Å²) in [6.45, 7) is 4.66. The number of hydrogen-bond donors (Lipinski definition) is 2. The van der Waals surface area contributed by atoms with E-state index in [0.29, 0.717) is 37.3 Å². The van der Waals surface area contributed by atoms with Crippen molar-refractivity contribution in [1.29, 1.82) is 0 Å². The molecule has 1 aromatic heterocycles. The van der Waals surface area contributed by atoms with Gasteiger partial charge in [0.25, 0.3) is 5.91 Å². The van der Waals surface area contributed by atoms with Crippen LogP contribution in [0.2, 0.25) is 5.02 Å². The Labute approximate surface area is 179 Å². The number of rotatable bonds is 6. The molecule has 0 radical (unpaired) electrons. The first-order valence-corrected chi connectivity index (χ1v) is 11.5. The Morgan fingerprint density at radius 1 is 1.33 bits per heavy atom. The number of nitrogens with zero attached hydrogens (tertiary/aromatic N) is 2. The Morgan fingerprint density at radius 3 is 2.60 bits per heavy atom. The van der Waals surface area contributed by atoms with Crippen LogP contribution in [0.4, 0.5) is 4.39 Å². The van der Waals surface area contributed by atoms with Gasteiger partial charge in [0, 0.05) is 31.5 Å². The van der Waals surface area contributed by atoms with Gasteiger partial charge < -0.3 is 4.74 Å². The molecule has 1 fully saturated rings. The van der Waals surface area contributed by atoms with Gasteiger partial charge in [-0.25, -0.2) is 12.8 Å². The maximum Gasteiger partial charge on any atom is 0.269 e. The molecule has 3 rings (SSSR count). The van der Waals surface area contributed by atoms with Crippen molar-refractivity contribution >= 4 is 27.5 Å². The first kappa shape index (κ1) is 22.7. The molecule has 0 saturated carbocycles. The van der Waals surface area contributed by atoms with E-state index in [2.05, 4.69) is 10.5 Å². The Balaban J connectivity index is 1.79. The molecule has 8 nitrogen and oxygen atoms in total. The lowest BCUT2D eigenvalue weighted by Gasteiger charge is -2.21. The number of halogens is 2. The summed E-state index contributed by atoms with van der Waals surface area (Å²) in [6.07, 6.45) is 1.26. The average Bonchev–Trinajstić information content (AvgIpc) is 2.94. The average molecular weight is 459 g/mol. The number of hydrazine groups is 1. The van der Waals surface area contributed by atoms with E-state index in [0.717, 1.165) is 11.3 Å². The number of carbonyl (C=O) groups excluding carboxylic acids is 1. The van der Waals surface area contributed by atoms with E-state index in [-0.39, 0.29) is 22.3 Å². The van der Waals surface area contributed by atoms with Crippen molar-refractivity contribution in [1.82, 2.24) is 20.0 Å². The Bertz CT molecular complexity index is 1060. The van der Waals surface area contributed by atoms with Crippen LogP contribution in [0.25, 0.3) is 11.1 Å². The standard InChI is InChI=1S/C19H24ClFN4O4S/c1-11-17(12(2)25(3)23-11)14-8-15(18(21)16(20)9-14)19(26)22-24-30(27,28)10-13-4-6-29-7-5-13/h8-9,13,24H,4-7,10H2,1-3H3,(H,22,26). The highest BCUT2D eigenvalue weighted by molar-refractivity contribution is 7.89. The topological polar surface area (TPSA) is 102 Å². The van der Waals surface area contributed by atoms with Crippen molar-refractivity contribution < 1.29 is 22.3 Å². The van der Waals surface area contributed by atoms with Crippen LogP contribution in [0, 0.1) is 25.6 Å². The summed E-state index contributed by atoms with van der Waals surface area (Å²) in [5.41, 5.74) is 4.47. The predicted molar refractivity (Wildman–Crippen MR) is 111 cm³/mol. The second-order valence-corrected chi connectivity index (χ2v) is 9.56. The van der Waals surface area contributed by atoms with E-state index < -0.39 is 21.7 Å². The van der Waals surface area contributed by atoms with E-state index in [9.17, 15) is 17.6 Å². The normalized spacial score (nSPS) is 15.4. The molecule has 2 aromatic rings. The van der Waals surface area contributed by atoms with Crippen LogP contribution in [0.5, 0.6) is 0 Å². The van der Waals surface area contributed by atoms with Crippen LogP contribution >= 0.6 is 11.6 Å². The molecule has 11 heteroatoms. The lowest BCUT2D eigenvalue weighted by atomic mass is 10.0. The molecule has 164 valence electrons. The maximum absolute atomic E-state index is 14.5. The largest absolute Gasteiger partial charge is 0.381 e. The molecular formula is C19H24ClFN4O4S. The van der Waals surface area contributed by atoms with Gasteiger partial charge in [0.15, 0.2) is 5.82 Å². The van der Waals surface area contributed by atoms with Crippen molar-refractivity contribution in [3.05, 3.63) is 39.9 Å². The third-order valence-corrected chi connectivity index (χ3v) is 6.78. The van der Waals surface area contributed by atoms with Crippen LogP contribution in [0.1, 0.15) is 34.6 Å². The van der Waals surface area contributed by atoms with Crippen molar-refractivity contribution in [2.75, 3.05) is 19.0 Å². The number of benzene rings is 1. The monoisotopic (exact) mass is 458 g/mol. The number of ether oxygens (including phenoxy) is 1. The van der Waals surface area contributed by atoms with Crippen molar-refractivity contribution in [3.8, 4) is 11.1 Å². The van der Waals surface area contributed by atoms with Gasteiger partial charge in [0.1, 0.15) is 0 Å². The first-order valence-electron chi connectivity index (χ1n) is 9.46. The molecule has 30 heavy (non-hydrogen) atoms. The molecule has 1 aliphatic heterocycles. The first-order chi connectivity index (χ1) is 14.1. The number of sulfonamides is 1. The number of nitrogens with one attached hydrogen (secondary N) is 2. The summed E-state index contributed by atoms with van der Waals surface area (Å²) in [5.74, 6) is -2.07. The molecule has 2 N–H and O–H groups in total. The summed E-state index contributed by atoms with van der Waals surface area (Å²) >= 11 is 6.01. The van der Waals surface area contributed by atoms with Crippen molar-refractivity contribution in [2.45, 2.75) is 26.7 Å². The van der Waals surface area contributed by atoms with E-state index in [1.807, 2.05) is 11.8 Å². The molecule has 1 aliphatic rings. The molecule has 0 bridgehead atoms. The van der Waals surface area contributed by atoms with Gasteiger partial charge in [-0.1, -0.05) is 11.6 Å². The minimum Gasteiger partial charge on any atom is -0.381 e. The predicted octanol–water partition coefficient (Wildman–Crippen LogP) is 2.49. The second kappa shape index (κ2) is 9.01. The lowest BCUT2D eigenvalue weighted by molar-refractivity contribution is 0.0722. The zero-order valence-corrected chi connectivity index (χ0v) is 18.5. The number of amides is 1. The van der Waals surface area contributed by atoms with Gasteiger partial charge >= 0.3 is 0 Å². The summed E-state index contributed by atoms with van der Waals surface area (Å²) in [6, 6.07) is 2.75. The summed E-state index contributed by atoms with van der Waals surface area (Å²) in [5, 5.41) is 4.07. The highest BCUT2D eigenvalue weighted by Gasteiger charge is 2.24. The zero-order valence-electron chi connectivity index (χ0n) is 17.0. The minimum atomic E-state index is -3.79. The van der Waals surface area contributed by atoms with Gasteiger partial charge in [-0.2, -0.15) is 5.10 Å². The molecule has 2 heterocycles. The molecule has 1 aromatic carbocycles. The highest BCUT2D eigenvalue weighted by Crippen LogP contribution is 2.31. The minimum absolute atomic E-state index is 0.0563. The van der Waals surface area contributed by atoms with E-state index >= 15 is 0 Å². The summed E-state index contributed by atoms with van der Waals surface area (Å²) in [4.78, 5) is 14.6. The second-order valence-electron chi connectivity index (χ2n) is 7.38. The number of hydrogen-bond acceptors (Lipinski definition) is 5. The quantitative estimate of drug-likeness (QED) is 0.647. The Morgan fingerprint density at radius 2 is 2.00 bits per heavy atom. The van der Waals surface area contributed by atoms with Gasteiger partial charge in [-0.15, -0.1) is 4.83 Å². The van der Waals surface area contributed by atoms with Gasteiger partial charge in [-0.05, 0) is 50.3 Å². The van der Waals surface area contributed by atoms with Gasteiger partial charge in [0.2, 0.25) is 10.0 Å². The van der Waals surface area contributed by atoms with E-state index in [1.165, 1.54) is 12.1 Å². The Hall–Kier alpha value is -2.01. The summed E-state index contributed by atoms with van der Waals surface area (Å²) < 4.78 is 46.0. The van der Waals surface area contributed by atoms with Crippen LogP contribution in [-0.4, -0.2) is 43.1 Å². The molecular weight excluding hydrogens is 435 g/mol. The highest BCUT2D eigenvalue weighted by atomic mass is 35.5. The smallest absolute Gasteiger partial charge is 0.269 e. The zero-order chi connectivity index (χ0) is 22.1. The maximum atomic E-state index is 14.5. The fourth-order valence-corrected chi connectivity index (χ4v) is 5.05. The number of aromatic nitrogens is 2. The fraction of sp³-hybridized carbons (Fsp3) is 0.474. The van der Waals surface area contributed by atoms with E-state index in [4.69, 9.17) is 16.3 Å². The van der Waals surface area contributed by atoms with Gasteiger partial charge in [0.05, 0.1) is 22.0 Å². The lowest BCUT2D eigenvalue weighted by Crippen LogP contribution is -2.44. The molecule has 0 spiro atoms. The molecule has 0 aliphatic carbocycles. The number of carbonyl (C=O) groups is 1. The van der Waals surface area contributed by atoms with Crippen LogP contribution in [-0.2, 0) is 21.8 Å². The fourth-order valence-electron chi connectivity index (χ4n) is 3.55. The summed E-state index contributed by atoms with van der Waals surface area (Å²) in [7, 11) is -2.01. The van der Waals surface area contributed by atoms with Crippen LogP contribution in [0.15, 0.2) is 12.1 Å². The van der Waals surface area contributed by atoms with Crippen LogP contribution in [0.3, 0.4) is 0 Å². The third kappa shape index (κ3) is 5.00. The van der Waals surface area contributed by atoms with Crippen molar-refractivity contribution in [3.63, 3.8) is 0 Å². The third-order valence-electron chi connectivity index (χ3n) is 5.19. The molecule has 0 atom stereocenters.